The Kier molecular flexibility index (Phi) is 4.79. The molecule has 2 aromatic carbocycles. The zero-order chi connectivity index (χ0) is 18.9. The van der Waals surface area contributed by atoms with Gasteiger partial charge in [-0.2, -0.15) is 0 Å². The molecule has 1 amide bonds. The van der Waals surface area contributed by atoms with Crippen LogP contribution in [0.25, 0.3) is 0 Å². The molecule has 2 heterocycles. The van der Waals surface area contributed by atoms with E-state index in [9.17, 15) is 4.79 Å². The molecule has 5 heteroatoms. The monoisotopic (exact) mass is 366 g/mol. The van der Waals surface area contributed by atoms with Gasteiger partial charge in [-0.05, 0) is 44.9 Å². The lowest BCUT2D eigenvalue weighted by molar-refractivity contribution is 0.0237. The van der Waals surface area contributed by atoms with Gasteiger partial charge in [-0.3, -0.25) is 4.79 Å². The maximum Gasteiger partial charge on any atom is 0.258 e. The molecule has 1 saturated heterocycles. The molecule has 5 nitrogen and oxygen atoms in total. The molecule has 0 bridgehead atoms. The van der Waals surface area contributed by atoms with Crippen molar-refractivity contribution in [2.24, 2.45) is 0 Å². The highest BCUT2D eigenvalue weighted by Gasteiger charge is 2.45. The summed E-state index contributed by atoms with van der Waals surface area (Å²) in [4.78, 5) is 15.4. The van der Waals surface area contributed by atoms with E-state index in [4.69, 9.17) is 9.47 Å². The zero-order valence-corrected chi connectivity index (χ0v) is 15.9. The summed E-state index contributed by atoms with van der Waals surface area (Å²) in [6.07, 6.45) is 2.09. The topological polar surface area (TPSA) is 50.8 Å². The quantitative estimate of drug-likeness (QED) is 0.869. The fraction of sp³-hybridized carbons (Fsp3) is 0.409. The molecule has 0 aromatic heterocycles. The third kappa shape index (κ3) is 3.16. The normalized spacial score (nSPS) is 24.4. The highest BCUT2D eigenvalue weighted by molar-refractivity contribution is 6.02. The van der Waals surface area contributed by atoms with Gasteiger partial charge >= 0.3 is 0 Å². The summed E-state index contributed by atoms with van der Waals surface area (Å²) in [5.74, 6) is 0.813. The van der Waals surface area contributed by atoms with E-state index in [1.54, 1.807) is 0 Å². The van der Waals surface area contributed by atoms with Crippen LogP contribution in [0, 0.1) is 0 Å². The summed E-state index contributed by atoms with van der Waals surface area (Å²) in [5.41, 5.74) is 1.78. The molecule has 0 radical (unpaired) electrons. The molecule has 0 saturated carbocycles. The molecule has 1 N–H and O–H groups in total. The second kappa shape index (κ2) is 7.24. The Labute approximate surface area is 160 Å². The summed E-state index contributed by atoms with van der Waals surface area (Å²) < 4.78 is 11.7. The molecule has 2 unspecified atom stereocenters. The van der Waals surface area contributed by atoms with E-state index in [0.29, 0.717) is 18.7 Å². The summed E-state index contributed by atoms with van der Waals surface area (Å²) in [6.45, 7) is 5.91. The second-order valence-electron chi connectivity index (χ2n) is 7.22. The van der Waals surface area contributed by atoms with Crippen LogP contribution in [0.5, 0.6) is 5.75 Å². The lowest BCUT2D eigenvalue weighted by Gasteiger charge is -2.47. The molecular weight excluding hydrogens is 340 g/mol. The number of carbonyl (C=O) groups excluding carboxylic acids is 1. The van der Waals surface area contributed by atoms with Crippen molar-refractivity contribution in [1.82, 2.24) is 4.90 Å². The fourth-order valence-electron chi connectivity index (χ4n) is 4.08. The van der Waals surface area contributed by atoms with Crippen LogP contribution >= 0.6 is 0 Å². The van der Waals surface area contributed by atoms with Gasteiger partial charge in [-0.25, -0.2) is 0 Å². The van der Waals surface area contributed by atoms with Crippen LogP contribution in [0.4, 0.5) is 5.69 Å². The van der Waals surface area contributed by atoms with Crippen LogP contribution in [0.3, 0.4) is 0 Å². The average Bonchev–Trinajstić information content (AvgIpc) is 3.19. The van der Waals surface area contributed by atoms with Crippen LogP contribution in [0.2, 0.25) is 0 Å². The molecule has 4 rings (SSSR count). The third-order valence-corrected chi connectivity index (χ3v) is 5.44. The standard InChI is InChI=1S/C22H26N2O3/c1-3-26-20-13-7-5-11-18(20)22(2)23-19-12-6-4-10-17(19)21(25)24(22)15-16-9-8-14-27-16/h4-7,10-13,16,23H,3,8-9,14-15H2,1-2H3. The van der Waals surface area contributed by atoms with Crippen molar-refractivity contribution in [3.8, 4) is 5.75 Å². The van der Waals surface area contributed by atoms with Crippen molar-refractivity contribution in [2.45, 2.75) is 38.5 Å². The predicted octanol–water partition coefficient (Wildman–Crippen LogP) is 4.00. The Balaban J connectivity index is 1.81. The molecule has 0 aliphatic carbocycles. The minimum Gasteiger partial charge on any atom is -0.493 e. The van der Waals surface area contributed by atoms with Gasteiger partial charge in [-0.15, -0.1) is 0 Å². The van der Waals surface area contributed by atoms with Gasteiger partial charge in [0.2, 0.25) is 0 Å². The number of carbonyl (C=O) groups is 1. The van der Waals surface area contributed by atoms with Crippen molar-refractivity contribution < 1.29 is 14.3 Å². The summed E-state index contributed by atoms with van der Waals surface area (Å²) in [7, 11) is 0. The van der Waals surface area contributed by atoms with Crippen molar-refractivity contribution in [2.75, 3.05) is 25.1 Å². The van der Waals surface area contributed by atoms with Gasteiger partial charge in [-0.1, -0.05) is 30.3 Å². The Bertz CT molecular complexity index is 832. The number of para-hydroxylation sites is 2. The number of benzene rings is 2. The minimum absolute atomic E-state index is 0.0219. The first-order valence-corrected chi connectivity index (χ1v) is 9.66. The summed E-state index contributed by atoms with van der Waals surface area (Å²) in [5, 5.41) is 3.61. The number of nitrogens with zero attached hydrogens (tertiary/aromatic N) is 1. The molecular formula is C22H26N2O3. The van der Waals surface area contributed by atoms with Crippen LogP contribution in [-0.2, 0) is 10.4 Å². The summed E-state index contributed by atoms with van der Waals surface area (Å²) in [6, 6.07) is 15.6. The van der Waals surface area contributed by atoms with E-state index in [0.717, 1.165) is 36.4 Å². The molecule has 2 aliphatic rings. The van der Waals surface area contributed by atoms with Gasteiger partial charge in [0.1, 0.15) is 11.4 Å². The van der Waals surface area contributed by atoms with Crippen molar-refractivity contribution >= 4 is 11.6 Å². The maximum atomic E-state index is 13.5. The lowest BCUT2D eigenvalue weighted by atomic mass is 9.92. The molecule has 27 heavy (non-hydrogen) atoms. The van der Waals surface area contributed by atoms with Crippen molar-refractivity contribution in [1.29, 1.82) is 0 Å². The van der Waals surface area contributed by atoms with E-state index < -0.39 is 5.66 Å². The largest absolute Gasteiger partial charge is 0.493 e. The van der Waals surface area contributed by atoms with Crippen LogP contribution < -0.4 is 10.1 Å². The van der Waals surface area contributed by atoms with Gasteiger partial charge in [0, 0.05) is 24.4 Å². The van der Waals surface area contributed by atoms with E-state index in [2.05, 4.69) is 5.32 Å². The smallest absolute Gasteiger partial charge is 0.258 e. The number of nitrogens with one attached hydrogen (secondary N) is 1. The first-order chi connectivity index (χ1) is 13.1. The first kappa shape index (κ1) is 17.9. The van der Waals surface area contributed by atoms with Gasteiger partial charge in [0.05, 0.1) is 18.3 Å². The maximum absolute atomic E-state index is 13.5. The van der Waals surface area contributed by atoms with Crippen LogP contribution in [0.1, 0.15) is 42.6 Å². The number of rotatable bonds is 5. The summed E-state index contributed by atoms with van der Waals surface area (Å²) >= 11 is 0. The Morgan fingerprint density at radius 2 is 2.00 bits per heavy atom. The van der Waals surface area contributed by atoms with Crippen molar-refractivity contribution in [3.63, 3.8) is 0 Å². The number of fused-ring (bicyclic) bond motifs is 1. The molecule has 2 atom stereocenters. The molecule has 1 fully saturated rings. The number of ether oxygens (including phenoxy) is 2. The molecule has 2 aliphatic heterocycles. The Morgan fingerprint density at radius 3 is 2.78 bits per heavy atom. The van der Waals surface area contributed by atoms with Crippen molar-refractivity contribution in [3.05, 3.63) is 59.7 Å². The van der Waals surface area contributed by atoms with Crippen LogP contribution in [0.15, 0.2) is 48.5 Å². The van der Waals surface area contributed by atoms with Gasteiger partial charge in [0.25, 0.3) is 5.91 Å². The molecule has 142 valence electrons. The Hall–Kier alpha value is -2.53. The highest BCUT2D eigenvalue weighted by atomic mass is 16.5. The third-order valence-electron chi connectivity index (χ3n) is 5.44. The number of hydrogen-bond donors (Lipinski definition) is 1. The SMILES string of the molecule is CCOc1ccccc1C1(C)Nc2ccccc2C(=O)N1CC1CCCO1. The molecule has 2 aromatic rings. The average molecular weight is 366 g/mol. The van der Waals surface area contributed by atoms with E-state index in [1.165, 1.54) is 0 Å². The highest BCUT2D eigenvalue weighted by Crippen LogP contribution is 2.41. The predicted molar refractivity (Wildman–Crippen MR) is 105 cm³/mol. The Morgan fingerprint density at radius 1 is 1.22 bits per heavy atom. The second-order valence-corrected chi connectivity index (χ2v) is 7.22. The number of amides is 1. The number of anilines is 1. The first-order valence-electron chi connectivity index (χ1n) is 9.66. The number of hydrogen-bond acceptors (Lipinski definition) is 4. The molecule has 0 spiro atoms. The van der Waals surface area contributed by atoms with Gasteiger partial charge in [0.15, 0.2) is 0 Å². The fourth-order valence-corrected chi connectivity index (χ4v) is 4.08. The lowest BCUT2D eigenvalue weighted by Crippen LogP contribution is -2.57. The van der Waals surface area contributed by atoms with E-state index in [-0.39, 0.29) is 12.0 Å². The van der Waals surface area contributed by atoms with Crippen LogP contribution in [-0.4, -0.2) is 36.7 Å². The minimum atomic E-state index is -0.719. The van der Waals surface area contributed by atoms with E-state index in [1.807, 2.05) is 67.3 Å². The zero-order valence-electron chi connectivity index (χ0n) is 15.9. The van der Waals surface area contributed by atoms with Gasteiger partial charge < -0.3 is 19.7 Å². The van der Waals surface area contributed by atoms with E-state index >= 15 is 0 Å².